The topological polar surface area (TPSA) is 72.9 Å². The van der Waals surface area contributed by atoms with Gasteiger partial charge in [-0.05, 0) is 24.7 Å². The molecule has 0 unspecified atom stereocenters. The van der Waals surface area contributed by atoms with Crippen molar-refractivity contribution in [2.75, 3.05) is 11.9 Å². The van der Waals surface area contributed by atoms with E-state index in [1.807, 2.05) is 6.20 Å². The lowest BCUT2D eigenvalue weighted by atomic mass is 10.3. The molecule has 0 spiro atoms. The van der Waals surface area contributed by atoms with Crippen molar-refractivity contribution < 1.29 is 4.79 Å². The van der Waals surface area contributed by atoms with E-state index in [2.05, 4.69) is 10.3 Å². The van der Waals surface area contributed by atoms with Gasteiger partial charge in [0.1, 0.15) is 6.54 Å². The van der Waals surface area contributed by atoms with E-state index in [0.29, 0.717) is 23.7 Å². The number of benzene rings is 1. The fourth-order valence-electron chi connectivity index (χ4n) is 1.70. The molecule has 0 atom stereocenters. The van der Waals surface area contributed by atoms with Gasteiger partial charge in [-0.25, -0.2) is 4.98 Å². The van der Waals surface area contributed by atoms with Crippen molar-refractivity contribution in [2.24, 2.45) is 5.73 Å². The summed E-state index contributed by atoms with van der Waals surface area (Å²) in [6, 6.07) is 7.03. The highest BCUT2D eigenvalue weighted by Gasteiger charge is 2.05. The molecule has 1 amide bonds. The summed E-state index contributed by atoms with van der Waals surface area (Å²) in [5.74, 6) is -0.126. The van der Waals surface area contributed by atoms with Crippen LogP contribution in [0, 0.1) is 0 Å². The summed E-state index contributed by atoms with van der Waals surface area (Å²) in [7, 11) is 0. The van der Waals surface area contributed by atoms with Crippen LogP contribution in [0.5, 0.6) is 0 Å². The Balaban J connectivity index is 1.93. The SMILES string of the molecule is NCCc1cn(CC(=O)Nc2cccc(Cl)c2)cn1. The number of nitrogens with one attached hydrogen (secondary N) is 1. The monoisotopic (exact) mass is 278 g/mol. The van der Waals surface area contributed by atoms with Crippen LogP contribution >= 0.6 is 11.6 Å². The van der Waals surface area contributed by atoms with E-state index in [-0.39, 0.29) is 12.5 Å². The van der Waals surface area contributed by atoms with Crippen molar-refractivity contribution in [1.29, 1.82) is 0 Å². The maximum absolute atomic E-state index is 11.8. The van der Waals surface area contributed by atoms with E-state index in [4.69, 9.17) is 17.3 Å². The van der Waals surface area contributed by atoms with Crippen LogP contribution in [0.4, 0.5) is 5.69 Å². The van der Waals surface area contributed by atoms with Gasteiger partial charge in [-0.2, -0.15) is 0 Å². The lowest BCUT2D eigenvalue weighted by Crippen LogP contribution is -2.17. The van der Waals surface area contributed by atoms with E-state index in [9.17, 15) is 4.79 Å². The van der Waals surface area contributed by atoms with Crippen molar-refractivity contribution in [3.8, 4) is 0 Å². The lowest BCUT2D eigenvalue weighted by Gasteiger charge is -2.05. The average molecular weight is 279 g/mol. The molecule has 2 aromatic rings. The van der Waals surface area contributed by atoms with E-state index in [1.165, 1.54) is 0 Å². The van der Waals surface area contributed by atoms with Crippen LogP contribution in [-0.2, 0) is 17.8 Å². The van der Waals surface area contributed by atoms with Gasteiger partial charge >= 0.3 is 0 Å². The molecule has 1 aromatic carbocycles. The standard InChI is InChI=1S/C13H15ClN4O/c14-10-2-1-3-11(6-10)17-13(19)8-18-7-12(4-5-15)16-9-18/h1-3,6-7,9H,4-5,8,15H2,(H,17,19). The van der Waals surface area contributed by atoms with Gasteiger partial charge in [-0.15, -0.1) is 0 Å². The number of anilines is 1. The number of carbonyl (C=O) groups excluding carboxylic acids is 1. The van der Waals surface area contributed by atoms with E-state index in [1.54, 1.807) is 35.2 Å². The van der Waals surface area contributed by atoms with Crippen LogP contribution in [0.25, 0.3) is 0 Å². The number of amides is 1. The summed E-state index contributed by atoms with van der Waals surface area (Å²) in [5, 5.41) is 3.36. The first-order chi connectivity index (χ1) is 9.17. The molecule has 6 heteroatoms. The molecule has 100 valence electrons. The van der Waals surface area contributed by atoms with Crippen LogP contribution in [0.3, 0.4) is 0 Å². The number of aromatic nitrogens is 2. The second-order valence-electron chi connectivity index (χ2n) is 4.13. The van der Waals surface area contributed by atoms with Crippen molar-refractivity contribution in [3.63, 3.8) is 0 Å². The number of rotatable bonds is 5. The van der Waals surface area contributed by atoms with Gasteiger partial charge in [0.2, 0.25) is 5.91 Å². The Kier molecular flexibility index (Phi) is 4.54. The summed E-state index contributed by atoms with van der Waals surface area (Å²) in [6.07, 6.45) is 4.16. The van der Waals surface area contributed by atoms with Gasteiger partial charge < -0.3 is 15.6 Å². The Bertz CT molecular complexity index is 567. The Morgan fingerprint density at radius 3 is 3.05 bits per heavy atom. The zero-order chi connectivity index (χ0) is 13.7. The molecule has 0 fully saturated rings. The first-order valence-electron chi connectivity index (χ1n) is 5.93. The van der Waals surface area contributed by atoms with Crippen LogP contribution in [0.1, 0.15) is 5.69 Å². The minimum absolute atomic E-state index is 0.126. The maximum atomic E-state index is 11.8. The quantitative estimate of drug-likeness (QED) is 0.874. The van der Waals surface area contributed by atoms with Gasteiger partial charge in [-0.3, -0.25) is 4.79 Å². The number of nitrogens with zero attached hydrogens (tertiary/aromatic N) is 2. The molecular weight excluding hydrogens is 264 g/mol. The first kappa shape index (κ1) is 13.6. The Morgan fingerprint density at radius 2 is 2.32 bits per heavy atom. The van der Waals surface area contributed by atoms with Crippen LogP contribution in [-0.4, -0.2) is 22.0 Å². The Hall–Kier alpha value is -1.85. The highest BCUT2D eigenvalue weighted by molar-refractivity contribution is 6.30. The number of imidazole rings is 1. The number of halogens is 1. The minimum Gasteiger partial charge on any atom is -0.330 e. The minimum atomic E-state index is -0.126. The molecular formula is C13H15ClN4O. The molecule has 0 aliphatic heterocycles. The molecule has 0 saturated carbocycles. The van der Waals surface area contributed by atoms with Gasteiger partial charge in [0.15, 0.2) is 0 Å². The third kappa shape index (κ3) is 4.08. The lowest BCUT2D eigenvalue weighted by molar-refractivity contribution is -0.116. The third-order valence-electron chi connectivity index (χ3n) is 2.52. The van der Waals surface area contributed by atoms with Crippen molar-refractivity contribution in [2.45, 2.75) is 13.0 Å². The molecule has 19 heavy (non-hydrogen) atoms. The number of nitrogens with two attached hydrogens (primary N) is 1. The van der Waals surface area contributed by atoms with E-state index in [0.717, 1.165) is 5.69 Å². The van der Waals surface area contributed by atoms with Crippen molar-refractivity contribution in [3.05, 3.63) is 47.5 Å². The van der Waals surface area contributed by atoms with Crippen LogP contribution < -0.4 is 11.1 Å². The third-order valence-corrected chi connectivity index (χ3v) is 2.76. The largest absolute Gasteiger partial charge is 0.330 e. The second-order valence-corrected chi connectivity index (χ2v) is 4.57. The Labute approximate surface area is 116 Å². The molecule has 2 rings (SSSR count). The first-order valence-corrected chi connectivity index (χ1v) is 6.31. The van der Waals surface area contributed by atoms with Gasteiger partial charge in [0.25, 0.3) is 0 Å². The van der Waals surface area contributed by atoms with Gasteiger partial charge in [-0.1, -0.05) is 17.7 Å². The van der Waals surface area contributed by atoms with Crippen molar-refractivity contribution >= 4 is 23.2 Å². The highest BCUT2D eigenvalue weighted by atomic mass is 35.5. The van der Waals surface area contributed by atoms with Crippen LogP contribution in [0.2, 0.25) is 5.02 Å². The molecule has 0 bridgehead atoms. The predicted molar refractivity (Wildman–Crippen MR) is 75.1 cm³/mol. The Morgan fingerprint density at radius 1 is 1.47 bits per heavy atom. The average Bonchev–Trinajstić information content (AvgIpc) is 2.77. The molecule has 1 heterocycles. The molecule has 5 nitrogen and oxygen atoms in total. The molecule has 0 saturated heterocycles. The fourth-order valence-corrected chi connectivity index (χ4v) is 1.89. The number of hydrogen-bond donors (Lipinski definition) is 2. The zero-order valence-corrected chi connectivity index (χ0v) is 11.1. The molecule has 3 N–H and O–H groups in total. The smallest absolute Gasteiger partial charge is 0.244 e. The maximum Gasteiger partial charge on any atom is 0.244 e. The molecule has 1 aromatic heterocycles. The summed E-state index contributed by atoms with van der Waals surface area (Å²) < 4.78 is 1.73. The predicted octanol–water partition coefficient (Wildman–Crippen LogP) is 1.68. The highest BCUT2D eigenvalue weighted by Crippen LogP contribution is 2.14. The summed E-state index contributed by atoms with van der Waals surface area (Å²) in [5.41, 5.74) is 7.01. The zero-order valence-electron chi connectivity index (χ0n) is 10.3. The van der Waals surface area contributed by atoms with E-state index < -0.39 is 0 Å². The fraction of sp³-hybridized carbons (Fsp3) is 0.231. The summed E-state index contributed by atoms with van der Waals surface area (Å²) in [4.78, 5) is 16.0. The van der Waals surface area contributed by atoms with Gasteiger partial charge in [0.05, 0.1) is 12.0 Å². The van der Waals surface area contributed by atoms with Crippen molar-refractivity contribution in [1.82, 2.24) is 9.55 Å². The van der Waals surface area contributed by atoms with Gasteiger partial charge in [0, 0.05) is 23.3 Å². The molecule has 0 radical (unpaired) electrons. The normalized spacial score (nSPS) is 10.4. The van der Waals surface area contributed by atoms with Crippen LogP contribution in [0.15, 0.2) is 36.8 Å². The number of hydrogen-bond acceptors (Lipinski definition) is 3. The summed E-state index contributed by atoms with van der Waals surface area (Å²) in [6.45, 7) is 0.760. The molecule has 0 aliphatic rings. The second kappa shape index (κ2) is 6.36. The number of carbonyl (C=O) groups is 1. The summed E-state index contributed by atoms with van der Waals surface area (Å²) >= 11 is 5.85. The molecule has 0 aliphatic carbocycles. The van der Waals surface area contributed by atoms with E-state index >= 15 is 0 Å².